The number of aliphatic hydroxyl groups is 1. The number of benzene rings is 1. The van der Waals surface area contributed by atoms with Gasteiger partial charge in [-0.3, -0.25) is 0 Å². The molecule has 0 radical (unpaired) electrons. The summed E-state index contributed by atoms with van der Waals surface area (Å²) < 4.78 is 0. The summed E-state index contributed by atoms with van der Waals surface area (Å²) in [5.74, 6) is 0. The highest BCUT2D eigenvalue weighted by atomic mass is 16.3. The van der Waals surface area contributed by atoms with Crippen LogP contribution in [-0.2, 0) is 0 Å². The monoisotopic (exact) mass is 191 g/mol. The molecule has 0 amide bonds. The molecule has 14 heavy (non-hydrogen) atoms. The SMILES string of the molecule is Cc1ccccc1N1CCC(O)CC1. The van der Waals surface area contributed by atoms with E-state index in [9.17, 15) is 5.11 Å². The third-order valence-corrected chi connectivity index (χ3v) is 2.92. The van der Waals surface area contributed by atoms with Crippen LogP contribution < -0.4 is 4.90 Å². The predicted molar refractivity (Wildman–Crippen MR) is 58.6 cm³/mol. The first-order chi connectivity index (χ1) is 6.77. The molecule has 2 heteroatoms. The van der Waals surface area contributed by atoms with Crippen molar-refractivity contribution in [2.24, 2.45) is 0 Å². The van der Waals surface area contributed by atoms with Crippen LogP contribution in [0.1, 0.15) is 18.4 Å². The fourth-order valence-electron chi connectivity index (χ4n) is 2.02. The molecular weight excluding hydrogens is 174 g/mol. The third kappa shape index (κ3) is 1.90. The quantitative estimate of drug-likeness (QED) is 0.733. The van der Waals surface area contributed by atoms with E-state index < -0.39 is 0 Å². The van der Waals surface area contributed by atoms with Crippen LogP contribution >= 0.6 is 0 Å². The van der Waals surface area contributed by atoms with E-state index in [0.717, 1.165) is 25.9 Å². The Morgan fingerprint density at radius 3 is 2.50 bits per heavy atom. The van der Waals surface area contributed by atoms with E-state index in [2.05, 4.69) is 36.1 Å². The van der Waals surface area contributed by atoms with Crippen LogP contribution in [0.5, 0.6) is 0 Å². The Morgan fingerprint density at radius 2 is 1.86 bits per heavy atom. The second-order valence-electron chi connectivity index (χ2n) is 4.00. The van der Waals surface area contributed by atoms with Gasteiger partial charge in [0.15, 0.2) is 0 Å². The predicted octanol–water partition coefficient (Wildman–Crippen LogP) is 1.96. The molecule has 76 valence electrons. The molecule has 0 aliphatic carbocycles. The van der Waals surface area contributed by atoms with Crippen LogP contribution in [0.3, 0.4) is 0 Å². The van der Waals surface area contributed by atoms with Crippen molar-refractivity contribution in [3.05, 3.63) is 29.8 Å². The maximum atomic E-state index is 9.42. The first kappa shape index (κ1) is 9.53. The second kappa shape index (κ2) is 4.01. The fraction of sp³-hybridized carbons (Fsp3) is 0.500. The lowest BCUT2D eigenvalue weighted by Gasteiger charge is -2.32. The van der Waals surface area contributed by atoms with Crippen molar-refractivity contribution >= 4 is 5.69 Å². The zero-order chi connectivity index (χ0) is 9.97. The van der Waals surface area contributed by atoms with Gasteiger partial charge in [-0.2, -0.15) is 0 Å². The highest BCUT2D eigenvalue weighted by Crippen LogP contribution is 2.23. The molecule has 1 aliphatic rings. The summed E-state index contributed by atoms with van der Waals surface area (Å²) in [6, 6.07) is 8.44. The van der Waals surface area contributed by atoms with Crippen LogP contribution in [0.15, 0.2) is 24.3 Å². The van der Waals surface area contributed by atoms with Gasteiger partial charge in [0.05, 0.1) is 6.10 Å². The number of nitrogens with zero attached hydrogens (tertiary/aromatic N) is 1. The zero-order valence-corrected chi connectivity index (χ0v) is 8.61. The van der Waals surface area contributed by atoms with Crippen molar-refractivity contribution in [3.63, 3.8) is 0 Å². The zero-order valence-electron chi connectivity index (χ0n) is 8.61. The van der Waals surface area contributed by atoms with Crippen molar-refractivity contribution in [2.45, 2.75) is 25.9 Å². The van der Waals surface area contributed by atoms with Crippen molar-refractivity contribution < 1.29 is 5.11 Å². The van der Waals surface area contributed by atoms with Gasteiger partial charge in [-0.15, -0.1) is 0 Å². The molecule has 2 rings (SSSR count). The Morgan fingerprint density at radius 1 is 1.21 bits per heavy atom. The molecule has 2 nitrogen and oxygen atoms in total. The molecular formula is C12H17NO. The first-order valence-electron chi connectivity index (χ1n) is 5.26. The van der Waals surface area contributed by atoms with E-state index in [1.54, 1.807) is 0 Å². The van der Waals surface area contributed by atoms with E-state index in [0.29, 0.717) is 0 Å². The normalized spacial score (nSPS) is 18.6. The van der Waals surface area contributed by atoms with Gasteiger partial charge in [0.1, 0.15) is 0 Å². The molecule has 1 N–H and O–H groups in total. The van der Waals surface area contributed by atoms with Crippen molar-refractivity contribution in [1.82, 2.24) is 0 Å². The molecule has 1 aromatic rings. The number of para-hydroxylation sites is 1. The highest BCUT2D eigenvalue weighted by molar-refractivity contribution is 5.53. The Bertz CT molecular complexity index is 303. The van der Waals surface area contributed by atoms with Gasteiger partial charge in [0.2, 0.25) is 0 Å². The standard InChI is InChI=1S/C12H17NO/c1-10-4-2-3-5-12(10)13-8-6-11(14)7-9-13/h2-5,11,14H,6-9H2,1H3. The molecule has 1 fully saturated rings. The summed E-state index contributed by atoms with van der Waals surface area (Å²) in [6.45, 7) is 4.10. The number of aryl methyl sites for hydroxylation is 1. The van der Waals surface area contributed by atoms with Crippen molar-refractivity contribution in [2.75, 3.05) is 18.0 Å². The maximum Gasteiger partial charge on any atom is 0.0574 e. The highest BCUT2D eigenvalue weighted by Gasteiger charge is 2.17. The number of aliphatic hydroxyl groups excluding tert-OH is 1. The van der Waals surface area contributed by atoms with E-state index >= 15 is 0 Å². The molecule has 0 spiro atoms. The number of hydrogen-bond acceptors (Lipinski definition) is 2. The maximum absolute atomic E-state index is 9.42. The van der Waals surface area contributed by atoms with E-state index in [1.807, 2.05) is 0 Å². The smallest absolute Gasteiger partial charge is 0.0574 e. The molecule has 0 saturated carbocycles. The number of rotatable bonds is 1. The number of piperidine rings is 1. The van der Waals surface area contributed by atoms with Crippen LogP contribution in [0, 0.1) is 6.92 Å². The summed E-state index contributed by atoms with van der Waals surface area (Å²) in [6.07, 6.45) is 1.71. The van der Waals surface area contributed by atoms with Crippen LogP contribution in [0.2, 0.25) is 0 Å². The second-order valence-corrected chi connectivity index (χ2v) is 4.00. The lowest BCUT2D eigenvalue weighted by Crippen LogP contribution is -2.36. The van der Waals surface area contributed by atoms with Gasteiger partial charge in [0, 0.05) is 18.8 Å². The first-order valence-corrected chi connectivity index (χ1v) is 5.26. The van der Waals surface area contributed by atoms with Gasteiger partial charge in [-0.25, -0.2) is 0 Å². The van der Waals surface area contributed by atoms with Gasteiger partial charge >= 0.3 is 0 Å². The Labute approximate surface area is 85.2 Å². The van der Waals surface area contributed by atoms with Gasteiger partial charge in [-0.05, 0) is 31.4 Å². The molecule has 0 atom stereocenters. The van der Waals surface area contributed by atoms with Crippen molar-refractivity contribution in [1.29, 1.82) is 0 Å². The average molecular weight is 191 g/mol. The minimum absolute atomic E-state index is 0.0877. The molecule has 1 saturated heterocycles. The summed E-state index contributed by atoms with van der Waals surface area (Å²) in [5, 5.41) is 9.42. The summed E-state index contributed by atoms with van der Waals surface area (Å²) in [4.78, 5) is 2.36. The fourth-order valence-corrected chi connectivity index (χ4v) is 2.02. The van der Waals surface area contributed by atoms with Gasteiger partial charge in [0.25, 0.3) is 0 Å². The minimum atomic E-state index is -0.0877. The molecule has 0 unspecified atom stereocenters. The third-order valence-electron chi connectivity index (χ3n) is 2.92. The van der Waals surface area contributed by atoms with E-state index in [1.165, 1.54) is 11.3 Å². The summed E-state index contributed by atoms with van der Waals surface area (Å²) in [5.41, 5.74) is 2.64. The lowest BCUT2D eigenvalue weighted by atomic mass is 10.1. The topological polar surface area (TPSA) is 23.5 Å². The van der Waals surface area contributed by atoms with Crippen molar-refractivity contribution in [3.8, 4) is 0 Å². The van der Waals surface area contributed by atoms with Crippen LogP contribution in [0.25, 0.3) is 0 Å². The number of anilines is 1. The molecule has 0 bridgehead atoms. The minimum Gasteiger partial charge on any atom is -0.393 e. The Balaban J connectivity index is 2.12. The summed E-state index contributed by atoms with van der Waals surface area (Å²) >= 11 is 0. The van der Waals surface area contributed by atoms with Crippen LogP contribution in [-0.4, -0.2) is 24.3 Å². The Hall–Kier alpha value is -1.02. The Kier molecular flexibility index (Phi) is 2.73. The molecule has 1 heterocycles. The van der Waals surface area contributed by atoms with Crippen LogP contribution in [0.4, 0.5) is 5.69 Å². The average Bonchev–Trinajstić information content (AvgIpc) is 2.20. The van der Waals surface area contributed by atoms with E-state index in [4.69, 9.17) is 0 Å². The molecule has 1 aliphatic heterocycles. The van der Waals surface area contributed by atoms with Gasteiger partial charge in [-0.1, -0.05) is 18.2 Å². The molecule has 1 aromatic carbocycles. The van der Waals surface area contributed by atoms with Gasteiger partial charge < -0.3 is 10.0 Å². The molecule has 0 aromatic heterocycles. The largest absolute Gasteiger partial charge is 0.393 e. The lowest BCUT2D eigenvalue weighted by molar-refractivity contribution is 0.145. The van der Waals surface area contributed by atoms with E-state index in [-0.39, 0.29) is 6.10 Å². The number of hydrogen-bond donors (Lipinski definition) is 1. The summed E-state index contributed by atoms with van der Waals surface area (Å²) in [7, 11) is 0.